The first kappa shape index (κ1) is 36.4. The number of ether oxygens (including phenoxy) is 1. The van der Waals surface area contributed by atoms with E-state index >= 15 is 0 Å². The van der Waals surface area contributed by atoms with E-state index in [9.17, 15) is 9.59 Å². The summed E-state index contributed by atoms with van der Waals surface area (Å²) in [5, 5.41) is 8.35. The van der Waals surface area contributed by atoms with Gasteiger partial charge in [-0.15, -0.1) is 0 Å². The number of nitrogens with zero attached hydrogens (tertiary/aromatic N) is 4. The van der Waals surface area contributed by atoms with E-state index < -0.39 is 0 Å². The summed E-state index contributed by atoms with van der Waals surface area (Å²) in [4.78, 5) is 34.5. The lowest BCUT2D eigenvalue weighted by atomic mass is 9.38. The van der Waals surface area contributed by atoms with Crippen molar-refractivity contribution in [2.45, 2.75) is 132 Å². The Morgan fingerprint density at radius 2 is 1.75 bits per heavy atom. The highest BCUT2D eigenvalue weighted by molar-refractivity contribution is 6.01. The van der Waals surface area contributed by atoms with E-state index in [-0.39, 0.29) is 28.8 Å². The molecule has 5 fully saturated rings. The summed E-state index contributed by atoms with van der Waals surface area (Å²) in [7, 11) is 0. The van der Waals surface area contributed by atoms with Crippen LogP contribution < -0.4 is 0 Å². The van der Waals surface area contributed by atoms with Crippen molar-refractivity contribution >= 4 is 24.5 Å². The summed E-state index contributed by atoms with van der Waals surface area (Å²) in [6.07, 6.45) is 17.5. The number of carbonyl (C=O) groups excluding carboxylic acids is 2. The van der Waals surface area contributed by atoms with Gasteiger partial charge in [-0.05, 0) is 141 Å². The van der Waals surface area contributed by atoms with Crippen LogP contribution in [-0.4, -0.2) is 40.6 Å². The van der Waals surface area contributed by atoms with E-state index in [1.807, 2.05) is 6.92 Å². The average molecular weight is 695 g/mol. The molecule has 6 aliphatic carbocycles. The van der Waals surface area contributed by atoms with Crippen LogP contribution in [0.4, 0.5) is 0 Å². The van der Waals surface area contributed by atoms with Crippen molar-refractivity contribution < 1.29 is 14.3 Å². The largest absolute Gasteiger partial charge is 0.495 e. The lowest BCUT2D eigenvalue weighted by Crippen LogP contribution is -2.60. The molecule has 276 valence electrons. The molecule has 5 saturated carbocycles. The fourth-order valence-electron chi connectivity index (χ4n) is 13.4. The number of allylic oxidation sites excluding steroid dienone is 3. The molecule has 12 atom stereocenters. The van der Waals surface area contributed by atoms with Crippen molar-refractivity contribution in [2.75, 3.05) is 0 Å². The topological polar surface area (TPSA) is 93.9 Å². The number of aromatic nitrogens is 2. The molecule has 6 aliphatic rings. The summed E-state index contributed by atoms with van der Waals surface area (Å²) in [6.45, 7) is 24.4. The highest BCUT2D eigenvalue weighted by atomic mass is 16.5. The Labute approximate surface area is 306 Å². The van der Waals surface area contributed by atoms with Crippen LogP contribution in [0.2, 0.25) is 0 Å². The fourth-order valence-corrected chi connectivity index (χ4v) is 13.4. The predicted octanol–water partition coefficient (Wildman–Crippen LogP) is 9.54. The van der Waals surface area contributed by atoms with Crippen LogP contribution in [0, 0.1) is 76.4 Å². The minimum Gasteiger partial charge on any atom is -0.495 e. The van der Waals surface area contributed by atoms with E-state index in [1.54, 1.807) is 12.4 Å². The van der Waals surface area contributed by atoms with E-state index in [0.717, 1.165) is 60.4 Å². The number of carbonyl (C=O) groups is 2. The Kier molecular flexibility index (Phi) is 9.61. The number of Topliss-reactive ketones (excluding diaryl/α,β-unsaturated/α-hetero) is 1. The van der Waals surface area contributed by atoms with E-state index in [0.29, 0.717) is 65.5 Å². The molecular weight excluding hydrogens is 633 g/mol. The molecule has 0 amide bonds. The molecule has 0 bridgehead atoms. The number of fused-ring (bicyclic) bond motifs is 7. The minimum absolute atomic E-state index is 0.113. The molecule has 0 N–H and O–H groups in total. The second-order valence-corrected chi connectivity index (χ2v) is 18.7. The molecule has 7 rings (SSSR count). The van der Waals surface area contributed by atoms with E-state index in [2.05, 4.69) is 75.0 Å². The highest BCUT2D eigenvalue weighted by Crippen LogP contribution is 2.72. The molecule has 7 nitrogen and oxygen atoms in total. The van der Waals surface area contributed by atoms with Gasteiger partial charge in [-0.2, -0.15) is 10.2 Å². The summed E-state index contributed by atoms with van der Waals surface area (Å²) in [6, 6.07) is 0. The van der Waals surface area contributed by atoms with Crippen LogP contribution >= 0.6 is 0 Å². The van der Waals surface area contributed by atoms with Crippen LogP contribution in [-0.2, 0) is 14.3 Å². The maximum absolute atomic E-state index is 14.0. The normalized spacial score (nSPS) is 41.9. The minimum atomic E-state index is -0.113. The van der Waals surface area contributed by atoms with Crippen LogP contribution in [0.15, 0.2) is 46.1 Å². The van der Waals surface area contributed by atoms with Gasteiger partial charge in [0.05, 0.1) is 23.4 Å². The third-order valence-corrected chi connectivity index (χ3v) is 16.1. The second-order valence-electron chi connectivity index (χ2n) is 18.7. The standard InChI is InChI=1S/C44H62N4O3/c1-25(2)40-37(50)21-44(19-14-35(48-45-9)36-23-46-26(3)22-47-36)18-13-34-31(41(40)44)10-11-39-42(7)17-15-38(28(5)33(42)12-16-43(34,39)8)51-29(6)32-20-30(24-49)27(32)4/h22-25,27-28,30-34,38-39H,6,9-21H2,1-5,7-8H3/b48-35+. The van der Waals surface area contributed by atoms with Crippen molar-refractivity contribution in [3.8, 4) is 0 Å². The number of hydrogen-bond donors (Lipinski definition) is 0. The molecule has 51 heavy (non-hydrogen) atoms. The zero-order valence-corrected chi connectivity index (χ0v) is 32.4. The van der Waals surface area contributed by atoms with Gasteiger partial charge in [0.15, 0.2) is 5.78 Å². The third kappa shape index (κ3) is 5.82. The van der Waals surface area contributed by atoms with Crippen LogP contribution in [0.5, 0.6) is 0 Å². The van der Waals surface area contributed by atoms with E-state index in [1.165, 1.54) is 44.1 Å². The first-order valence-electron chi connectivity index (χ1n) is 20.2. The molecule has 12 unspecified atom stereocenters. The molecule has 1 heterocycles. The van der Waals surface area contributed by atoms with Gasteiger partial charge in [0.2, 0.25) is 0 Å². The molecule has 7 heteroatoms. The number of aldehydes is 1. The maximum atomic E-state index is 14.0. The fraction of sp³-hybridized carbons (Fsp3) is 0.727. The Morgan fingerprint density at radius 1 is 1.02 bits per heavy atom. The molecule has 0 aliphatic heterocycles. The van der Waals surface area contributed by atoms with Gasteiger partial charge in [-0.3, -0.25) is 14.8 Å². The summed E-state index contributed by atoms with van der Waals surface area (Å²) >= 11 is 0. The molecule has 0 spiro atoms. The molecule has 1 aromatic rings. The first-order chi connectivity index (χ1) is 24.3. The smallest absolute Gasteiger partial charge is 0.159 e. The van der Waals surface area contributed by atoms with Crippen LogP contribution in [0.25, 0.3) is 0 Å². The SMILES string of the molecule is C=N/N=C(\CCC12CCC3C(CCC4C3(C)CCC3C(C)C(OC(=C)C5CC(C=O)C5C)CCC34C)C1=C(C(C)C)C(=O)C2)c1cnc(C)cn1. The molecule has 0 aromatic carbocycles. The zero-order chi connectivity index (χ0) is 36.5. The number of ketones is 1. The van der Waals surface area contributed by atoms with Crippen molar-refractivity contribution in [2.24, 2.45) is 79.7 Å². The second kappa shape index (κ2) is 13.5. The van der Waals surface area contributed by atoms with Crippen molar-refractivity contribution in [1.29, 1.82) is 0 Å². The van der Waals surface area contributed by atoms with Crippen LogP contribution in [0.3, 0.4) is 0 Å². The van der Waals surface area contributed by atoms with Crippen molar-refractivity contribution in [3.05, 3.63) is 47.3 Å². The van der Waals surface area contributed by atoms with Crippen molar-refractivity contribution in [1.82, 2.24) is 9.97 Å². The monoisotopic (exact) mass is 694 g/mol. The Balaban J connectivity index is 1.12. The van der Waals surface area contributed by atoms with Gasteiger partial charge in [-0.1, -0.05) is 53.7 Å². The summed E-state index contributed by atoms with van der Waals surface area (Å²) < 4.78 is 6.73. The Bertz CT molecular complexity index is 1630. The first-order valence-corrected chi connectivity index (χ1v) is 20.2. The average Bonchev–Trinajstić information content (AvgIpc) is 3.40. The Hall–Kier alpha value is -2.96. The van der Waals surface area contributed by atoms with Gasteiger partial charge in [-0.25, -0.2) is 0 Å². The van der Waals surface area contributed by atoms with Crippen molar-refractivity contribution in [3.63, 3.8) is 0 Å². The molecule has 0 saturated heterocycles. The summed E-state index contributed by atoms with van der Waals surface area (Å²) in [5.41, 5.74) is 5.54. The maximum Gasteiger partial charge on any atom is 0.159 e. The lowest BCUT2D eigenvalue weighted by Gasteiger charge is -2.67. The third-order valence-electron chi connectivity index (χ3n) is 16.1. The number of aryl methyl sites for hydroxylation is 1. The molecular formula is C44H62N4O3. The van der Waals surface area contributed by atoms with Gasteiger partial charge in [0, 0.05) is 31.2 Å². The zero-order valence-electron chi connectivity index (χ0n) is 32.4. The molecule has 1 aromatic heterocycles. The van der Waals surface area contributed by atoms with Gasteiger partial charge in [0.25, 0.3) is 0 Å². The van der Waals surface area contributed by atoms with Gasteiger partial charge < -0.3 is 9.53 Å². The summed E-state index contributed by atoms with van der Waals surface area (Å²) in [5.74, 6) is 5.22. The van der Waals surface area contributed by atoms with Gasteiger partial charge in [0.1, 0.15) is 18.1 Å². The quantitative estimate of drug-likeness (QED) is 0.105. The van der Waals surface area contributed by atoms with Crippen LogP contribution in [0.1, 0.15) is 130 Å². The predicted molar refractivity (Wildman–Crippen MR) is 203 cm³/mol. The number of rotatable bonds is 10. The Morgan fingerprint density at radius 3 is 2.41 bits per heavy atom. The van der Waals surface area contributed by atoms with Gasteiger partial charge >= 0.3 is 0 Å². The lowest BCUT2D eigenvalue weighted by molar-refractivity contribution is -0.182. The number of hydrogen-bond acceptors (Lipinski definition) is 7. The highest BCUT2D eigenvalue weighted by Gasteiger charge is 2.65. The molecule has 0 radical (unpaired) electrons. The van der Waals surface area contributed by atoms with E-state index in [4.69, 9.17) is 4.74 Å².